The molecule has 1 fully saturated rings. The minimum absolute atomic E-state index is 0.758. The topological polar surface area (TPSA) is 3.24 Å². The molecule has 1 rings (SSSR count). The average Bonchev–Trinajstić information content (AvgIpc) is 2.06. The number of likely N-dealkylation sites (tertiary alicyclic amines) is 1. The summed E-state index contributed by atoms with van der Waals surface area (Å²) in [4.78, 5) is 2.61. The van der Waals surface area contributed by atoms with Crippen LogP contribution in [0.2, 0.25) is 0 Å². The van der Waals surface area contributed by atoms with E-state index >= 15 is 0 Å². The first kappa shape index (κ1) is 13.0. The van der Waals surface area contributed by atoms with Crippen molar-refractivity contribution in [2.24, 2.45) is 0 Å². The Hall–Kier alpha value is -0.0400. The summed E-state index contributed by atoms with van der Waals surface area (Å²) in [6.45, 7) is 11.3. The molecular weight excluding hydrogens is 158 g/mol. The van der Waals surface area contributed by atoms with E-state index in [-0.39, 0.29) is 0 Å². The maximum Gasteiger partial charge on any atom is 0.00385 e. The van der Waals surface area contributed by atoms with Gasteiger partial charge in [-0.3, -0.25) is 0 Å². The molecule has 1 saturated heterocycles. The molecule has 0 amide bonds. The second kappa shape index (κ2) is 8.55. The molecule has 1 heteroatoms. The molecule has 0 bridgehead atoms. The number of rotatable bonds is 1. The minimum atomic E-state index is 0.758. The molecular formula is C12H27N. The summed E-state index contributed by atoms with van der Waals surface area (Å²) in [5.74, 6) is 0. The zero-order valence-electron chi connectivity index (χ0n) is 9.97. The largest absolute Gasteiger partial charge is 0.301 e. The van der Waals surface area contributed by atoms with E-state index in [2.05, 4.69) is 18.7 Å². The van der Waals surface area contributed by atoms with Crippen molar-refractivity contribution >= 4 is 0 Å². The lowest BCUT2D eigenvalue weighted by Gasteiger charge is -2.27. The predicted molar refractivity (Wildman–Crippen MR) is 61.1 cm³/mol. The van der Waals surface area contributed by atoms with Crippen LogP contribution in [0.25, 0.3) is 0 Å². The molecule has 0 saturated carbocycles. The van der Waals surface area contributed by atoms with E-state index in [9.17, 15) is 0 Å². The molecule has 0 unspecified atom stereocenters. The third-order valence-corrected chi connectivity index (χ3v) is 2.62. The van der Waals surface area contributed by atoms with Gasteiger partial charge in [-0.2, -0.15) is 0 Å². The second-order valence-electron chi connectivity index (χ2n) is 3.90. The summed E-state index contributed by atoms with van der Waals surface area (Å²) in [6.07, 6.45) is 7.19. The number of nitrogens with zero attached hydrogens (tertiary/aromatic N) is 1. The Balaban J connectivity index is 0.000000671. The standard InChI is InChI=1S/C10H21N.C2H6/c1-10(2)11-8-6-4-3-5-7-9-11;1-2/h10H,3-9H2,1-2H3;1-2H3. The Kier molecular flexibility index (Phi) is 8.53. The Morgan fingerprint density at radius 3 is 1.54 bits per heavy atom. The molecule has 0 spiro atoms. The molecule has 0 aliphatic carbocycles. The molecule has 1 heterocycles. The van der Waals surface area contributed by atoms with E-state index in [0.29, 0.717) is 0 Å². The van der Waals surface area contributed by atoms with Crippen molar-refractivity contribution in [1.29, 1.82) is 0 Å². The molecule has 1 aliphatic rings. The van der Waals surface area contributed by atoms with Crippen LogP contribution in [0, 0.1) is 0 Å². The van der Waals surface area contributed by atoms with Crippen LogP contribution in [-0.2, 0) is 0 Å². The molecule has 0 aromatic heterocycles. The number of hydrogen-bond acceptors (Lipinski definition) is 1. The SMILES string of the molecule is CC.CC(C)N1CCCCCCC1. The van der Waals surface area contributed by atoms with E-state index in [1.54, 1.807) is 0 Å². The summed E-state index contributed by atoms with van der Waals surface area (Å²) in [7, 11) is 0. The van der Waals surface area contributed by atoms with Gasteiger partial charge in [-0.1, -0.05) is 33.1 Å². The van der Waals surface area contributed by atoms with Crippen molar-refractivity contribution in [2.45, 2.75) is 65.8 Å². The van der Waals surface area contributed by atoms with Gasteiger partial charge in [-0.15, -0.1) is 0 Å². The lowest BCUT2D eigenvalue weighted by molar-refractivity contribution is 0.202. The highest BCUT2D eigenvalue weighted by atomic mass is 15.1. The van der Waals surface area contributed by atoms with Gasteiger partial charge in [0.1, 0.15) is 0 Å². The molecule has 13 heavy (non-hydrogen) atoms. The van der Waals surface area contributed by atoms with E-state index in [1.165, 1.54) is 45.2 Å². The maximum atomic E-state index is 2.61. The first-order valence-corrected chi connectivity index (χ1v) is 6.05. The molecule has 0 atom stereocenters. The van der Waals surface area contributed by atoms with Gasteiger partial charge >= 0.3 is 0 Å². The Morgan fingerprint density at radius 2 is 1.15 bits per heavy atom. The second-order valence-corrected chi connectivity index (χ2v) is 3.90. The molecule has 0 aromatic rings. The van der Waals surface area contributed by atoms with Gasteiger partial charge in [0.2, 0.25) is 0 Å². The van der Waals surface area contributed by atoms with Gasteiger partial charge in [0.15, 0.2) is 0 Å². The van der Waals surface area contributed by atoms with E-state index in [4.69, 9.17) is 0 Å². The van der Waals surface area contributed by atoms with Crippen LogP contribution in [0.5, 0.6) is 0 Å². The van der Waals surface area contributed by atoms with Crippen LogP contribution in [-0.4, -0.2) is 24.0 Å². The molecule has 0 radical (unpaired) electrons. The van der Waals surface area contributed by atoms with Crippen molar-refractivity contribution in [3.8, 4) is 0 Å². The van der Waals surface area contributed by atoms with Crippen molar-refractivity contribution in [1.82, 2.24) is 4.90 Å². The monoisotopic (exact) mass is 185 g/mol. The molecule has 1 aliphatic heterocycles. The fourth-order valence-electron chi connectivity index (χ4n) is 1.79. The number of hydrogen-bond donors (Lipinski definition) is 0. The zero-order chi connectivity index (χ0) is 10.1. The molecule has 0 aromatic carbocycles. The van der Waals surface area contributed by atoms with Gasteiger partial charge in [0, 0.05) is 6.04 Å². The highest BCUT2D eigenvalue weighted by Gasteiger charge is 2.09. The third-order valence-electron chi connectivity index (χ3n) is 2.62. The van der Waals surface area contributed by atoms with Gasteiger partial charge in [0.25, 0.3) is 0 Å². The van der Waals surface area contributed by atoms with Crippen LogP contribution < -0.4 is 0 Å². The quantitative estimate of drug-likeness (QED) is 0.602. The molecule has 80 valence electrons. The van der Waals surface area contributed by atoms with Gasteiger partial charge in [-0.05, 0) is 39.8 Å². The highest BCUT2D eigenvalue weighted by molar-refractivity contribution is 4.65. The van der Waals surface area contributed by atoms with Gasteiger partial charge < -0.3 is 4.90 Å². The summed E-state index contributed by atoms with van der Waals surface area (Å²) >= 11 is 0. The molecule has 0 N–H and O–H groups in total. The van der Waals surface area contributed by atoms with Crippen molar-refractivity contribution in [3.05, 3.63) is 0 Å². The minimum Gasteiger partial charge on any atom is -0.301 e. The highest BCUT2D eigenvalue weighted by Crippen LogP contribution is 2.12. The molecule has 1 nitrogen and oxygen atoms in total. The fourth-order valence-corrected chi connectivity index (χ4v) is 1.79. The summed E-state index contributed by atoms with van der Waals surface area (Å²) < 4.78 is 0. The van der Waals surface area contributed by atoms with Gasteiger partial charge in [0.05, 0.1) is 0 Å². The average molecular weight is 185 g/mol. The Morgan fingerprint density at radius 1 is 0.769 bits per heavy atom. The first-order valence-electron chi connectivity index (χ1n) is 6.05. The first-order chi connectivity index (χ1) is 6.30. The van der Waals surface area contributed by atoms with Crippen LogP contribution in [0.15, 0.2) is 0 Å². The van der Waals surface area contributed by atoms with Crippen molar-refractivity contribution in [3.63, 3.8) is 0 Å². The van der Waals surface area contributed by atoms with Crippen molar-refractivity contribution in [2.75, 3.05) is 13.1 Å². The van der Waals surface area contributed by atoms with Crippen LogP contribution in [0.4, 0.5) is 0 Å². The summed E-state index contributed by atoms with van der Waals surface area (Å²) in [5.41, 5.74) is 0. The zero-order valence-corrected chi connectivity index (χ0v) is 9.97. The predicted octanol–water partition coefficient (Wildman–Crippen LogP) is 3.69. The fraction of sp³-hybridized carbons (Fsp3) is 1.00. The van der Waals surface area contributed by atoms with E-state index < -0.39 is 0 Å². The lowest BCUT2D eigenvalue weighted by atomic mass is 10.1. The van der Waals surface area contributed by atoms with E-state index in [1.807, 2.05) is 13.8 Å². The van der Waals surface area contributed by atoms with Crippen LogP contribution >= 0.6 is 0 Å². The normalized spacial score (nSPS) is 20.1. The Labute approximate surface area is 84.5 Å². The van der Waals surface area contributed by atoms with Crippen LogP contribution in [0.3, 0.4) is 0 Å². The third kappa shape index (κ3) is 6.09. The van der Waals surface area contributed by atoms with Crippen LogP contribution in [0.1, 0.15) is 59.8 Å². The van der Waals surface area contributed by atoms with E-state index in [0.717, 1.165) is 6.04 Å². The van der Waals surface area contributed by atoms with Gasteiger partial charge in [-0.25, -0.2) is 0 Å². The summed E-state index contributed by atoms with van der Waals surface area (Å²) in [5, 5.41) is 0. The van der Waals surface area contributed by atoms with Crippen molar-refractivity contribution < 1.29 is 0 Å². The Bertz CT molecular complexity index is 91.3. The maximum absolute atomic E-state index is 2.61. The smallest absolute Gasteiger partial charge is 0.00385 e. The lowest BCUT2D eigenvalue weighted by Crippen LogP contribution is -2.33. The summed E-state index contributed by atoms with van der Waals surface area (Å²) in [6, 6.07) is 0.758.